The molecule has 0 bridgehead atoms. The zero-order valence-electron chi connectivity index (χ0n) is 20.9. The van der Waals surface area contributed by atoms with Gasteiger partial charge in [0.25, 0.3) is 0 Å². The topological polar surface area (TPSA) is 86.2 Å². The van der Waals surface area contributed by atoms with Crippen molar-refractivity contribution in [2.24, 2.45) is 5.73 Å². The van der Waals surface area contributed by atoms with E-state index in [0.29, 0.717) is 6.54 Å². The van der Waals surface area contributed by atoms with E-state index in [1.807, 2.05) is 0 Å². The quantitative estimate of drug-likeness (QED) is 0.115. The Balaban J connectivity index is 3.41. The Morgan fingerprint density at radius 1 is 0.548 bits per heavy atom. The van der Waals surface area contributed by atoms with E-state index in [4.69, 9.17) is 5.73 Å². The van der Waals surface area contributed by atoms with Crippen molar-refractivity contribution in [3.05, 3.63) is 34.9 Å². The summed E-state index contributed by atoms with van der Waals surface area (Å²) in [6, 6.07) is 0. The molecule has 0 aromatic carbocycles. The SMILES string of the molecule is CC(C)=CCCC(C)=CCCC(C)=CCNCCNCCNCCNCCNCCN. The van der Waals surface area contributed by atoms with E-state index >= 15 is 0 Å². The van der Waals surface area contributed by atoms with Crippen molar-refractivity contribution in [1.82, 2.24) is 26.6 Å². The summed E-state index contributed by atoms with van der Waals surface area (Å²) in [7, 11) is 0. The number of rotatable bonds is 22. The highest BCUT2D eigenvalue weighted by atomic mass is 15.0. The standard InChI is InChI=1S/C25H52N6/c1-23(2)7-5-8-24(3)9-6-10-25(4)11-13-27-15-17-29-19-21-31-22-20-30-18-16-28-14-12-26/h7,9,11,27-31H,5-6,8,10,12-22,26H2,1-4H3. The van der Waals surface area contributed by atoms with Crippen molar-refractivity contribution in [2.45, 2.75) is 53.4 Å². The lowest BCUT2D eigenvalue weighted by Crippen LogP contribution is -2.37. The molecule has 0 heterocycles. The summed E-state index contributed by atoms with van der Waals surface area (Å²) in [6.07, 6.45) is 11.7. The normalized spacial score (nSPS) is 12.4. The minimum Gasteiger partial charge on any atom is -0.329 e. The first-order valence-electron chi connectivity index (χ1n) is 12.2. The summed E-state index contributed by atoms with van der Waals surface area (Å²) in [6.45, 7) is 19.4. The molecule has 0 fully saturated rings. The van der Waals surface area contributed by atoms with E-state index in [0.717, 1.165) is 78.3 Å². The highest BCUT2D eigenvalue weighted by molar-refractivity contribution is 5.05. The summed E-state index contributed by atoms with van der Waals surface area (Å²) in [5.41, 5.74) is 9.83. The fraction of sp³-hybridized carbons (Fsp3) is 0.760. The summed E-state index contributed by atoms with van der Waals surface area (Å²) in [5, 5.41) is 17.1. The predicted molar refractivity (Wildman–Crippen MR) is 139 cm³/mol. The lowest BCUT2D eigenvalue weighted by molar-refractivity contribution is 0.562. The molecule has 0 atom stereocenters. The van der Waals surface area contributed by atoms with Gasteiger partial charge in [0.1, 0.15) is 0 Å². The Morgan fingerprint density at radius 2 is 0.968 bits per heavy atom. The van der Waals surface area contributed by atoms with Crippen molar-refractivity contribution < 1.29 is 0 Å². The third-order valence-electron chi connectivity index (χ3n) is 4.95. The minimum atomic E-state index is 0.704. The summed E-state index contributed by atoms with van der Waals surface area (Å²) >= 11 is 0. The van der Waals surface area contributed by atoms with Gasteiger partial charge in [0.15, 0.2) is 0 Å². The summed E-state index contributed by atoms with van der Waals surface area (Å²) in [4.78, 5) is 0. The number of nitrogens with two attached hydrogens (primary N) is 1. The Labute approximate surface area is 193 Å². The van der Waals surface area contributed by atoms with Crippen molar-refractivity contribution in [3.8, 4) is 0 Å². The average Bonchev–Trinajstić information content (AvgIpc) is 2.73. The van der Waals surface area contributed by atoms with E-state index in [9.17, 15) is 0 Å². The van der Waals surface area contributed by atoms with E-state index in [2.05, 4.69) is 72.5 Å². The number of hydrogen-bond donors (Lipinski definition) is 6. The molecule has 0 amide bonds. The maximum Gasteiger partial charge on any atom is 0.0137 e. The maximum absolute atomic E-state index is 5.43. The van der Waals surface area contributed by atoms with Gasteiger partial charge in [-0.3, -0.25) is 0 Å². The van der Waals surface area contributed by atoms with Crippen molar-refractivity contribution in [2.75, 3.05) is 72.0 Å². The van der Waals surface area contributed by atoms with Gasteiger partial charge in [-0.2, -0.15) is 0 Å². The molecule has 0 radical (unpaired) electrons. The fourth-order valence-corrected chi connectivity index (χ4v) is 3.00. The molecular formula is C25H52N6. The smallest absolute Gasteiger partial charge is 0.0137 e. The largest absolute Gasteiger partial charge is 0.329 e. The molecule has 0 aromatic rings. The van der Waals surface area contributed by atoms with Crippen LogP contribution in [-0.2, 0) is 0 Å². The van der Waals surface area contributed by atoms with Crippen LogP contribution in [0.15, 0.2) is 34.9 Å². The molecule has 7 N–H and O–H groups in total. The van der Waals surface area contributed by atoms with Crippen LogP contribution in [0, 0.1) is 0 Å². The van der Waals surface area contributed by atoms with Gasteiger partial charge >= 0.3 is 0 Å². The molecule has 0 aromatic heterocycles. The van der Waals surface area contributed by atoms with Crippen LogP contribution in [0.2, 0.25) is 0 Å². The van der Waals surface area contributed by atoms with E-state index in [1.165, 1.54) is 29.6 Å². The Morgan fingerprint density at radius 3 is 1.45 bits per heavy atom. The lowest BCUT2D eigenvalue weighted by Gasteiger charge is -2.08. The van der Waals surface area contributed by atoms with E-state index in [1.54, 1.807) is 0 Å². The molecule has 0 saturated heterocycles. The second kappa shape index (κ2) is 23.6. The fourth-order valence-electron chi connectivity index (χ4n) is 3.00. The van der Waals surface area contributed by atoms with Crippen LogP contribution in [0.5, 0.6) is 0 Å². The number of allylic oxidation sites excluding steroid dienone is 5. The lowest BCUT2D eigenvalue weighted by atomic mass is 10.1. The summed E-state index contributed by atoms with van der Waals surface area (Å²) < 4.78 is 0. The van der Waals surface area contributed by atoms with Gasteiger partial charge in [-0.15, -0.1) is 0 Å². The second-order valence-corrected chi connectivity index (χ2v) is 8.45. The first-order valence-corrected chi connectivity index (χ1v) is 12.2. The molecule has 31 heavy (non-hydrogen) atoms. The summed E-state index contributed by atoms with van der Waals surface area (Å²) in [5.74, 6) is 0. The number of nitrogens with one attached hydrogen (secondary N) is 5. The first-order chi connectivity index (χ1) is 15.1. The van der Waals surface area contributed by atoms with Crippen molar-refractivity contribution in [3.63, 3.8) is 0 Å². The van der Waals surface area contributed by atoms with Gasteiger partial charge in [-0.1, -0.05) is 34.9 Å². The molecule has 0 aliphatic carbocycles. The van der Waals surface area contributed by atoms with Crippen LogP contribution < -0.4 is 32.3 Å². The molecular weight excluding hydrogens is 384 g/mol. The van der Waals surface area contributed by atoms with Gasteiger partial charge < -0.3 is 32.3 Å². The van der Waals surface area contributed by atoms with Crippen LogP contribution in [0.1, 0.15) is 53.4 Å². The van der Waals surface area contributed by atoms with Crippen LogP contribution in [-0.4, -0.2) is 72.0 Å². The van der Waals surface area contributed by atoms with Crippen LogP contribution in [0.25, 0.3) is 0 Å². The second-order valence-electron chi connectivity index (χ2n) is 8.45. The predicted octanol–water partition coefficient (Wildman–Crippen LogP) is 2.31. The Hall–Kier alpha value is -1.02. The Kier molecular flexibility index (Phi) is 22.9. The molecule has 6 heteroatoms. The number of hydrogen-bond acceptors (Lipinski definition) is 6. The van der Waals surface area contributed by atoms with Gasteiger partial charge in [0.05, 0.1) is 0 Å². The van der Waals surface area contributed by atoms with Gasteiger partial charge in [0.2, 0.25) is 0 Å². The monoisotopic (exact) mass is 436 g/mol. The molecule has 0 aliphatic heterocycles. The third-order valence-corrected chi connectivity index (χ3v) is 4.95. The van der Waals surface area contributed by atoms with Crippen LogP contribution in [0.3, 0.4) is 0 Å². The van der Waals surface area contributed by atoms with Crippen molar-refractivity contribution in [1.29, 1.82) is 0 Å². The third kappa shape index (κ3) is 25.1. The molecule has 0 unspecified atom stereocenters. The van der Waals surface area contributed by atoms with E-state index < -0.39 is 0 Å². The zero-order valence-corrected chi connectivity index (χ0v) is 20.9. The van der Waals surface area contributed by atoms with Crippen LogP contribution >= 0.6 is 0 Å². The molecule has 182 valence electrons. The molecule has 0 rings (SSSR count). The van der Waals surface area contributed by atoms with Gasteiger partial charge in [-0.25, -0.2) is 0 Å². The first kappa shape index (κ1) is 30.0. The van der Waals surface area contributed by atoms with Gasteiger partial charge in [-0.05, 0) is 53.4 Å². The average molecular weight is 437 g/mol. The highest BCUT2D eigenvalue weighted by Gasteiger charge is 1.93. The minimum absolute atomic E-state index is 0.704. The van der Waals surface area contributed by atoms with E-state index in [-0.39, 0.29) is 0 Å². The molecule has 0 aliphatic rings. The Bertz CT molecular complexity index is 480. The maximum atomic E-state index is 5.43. The molecule has 0 saturated carbocycles. The molecule has 0 spiro atoms. The van der Waals surface area contributed by atoms with Gasteiger partial charge in [0, 0.05) is 72.0 Å². The highest BCUT2D eigenvalue weighted by Crippen LogP contribution is 2.11. The van der Waals surface area contributed by atoms with Crippen molar-refractivity contribution >= 4 is 0 Å². The molecule has 6 nitrogen and oxygen atoms in total. The zero-order chi connectivity index (χ0) is 23.0. The van der Waals surface area contributed by atoms with Crippen LogP contribution in [0.4, 0.5) is 0 Å².